The average Bonchev–Trinajstić information content (AvgIpc) is 2.52. The second-order valence-corrected chi connectivity index (χ2v) is 3.22. The lowest BCUT2D eigenvalue weighted by Crippen LogP contribution is -2.35. The van der Waals surface area contributed by atoms with Crippen LogP contribution in [0.1, 0.15) is 19.8 Å². The summed E-state index contributed by atoms with van der Waals surface area (Å²) >= 11 is 0. The zero-order chi connectivity index (χ0) is 10.6. The van der Waals surface area contributed by atoms with E-state index in [0.29, 0.717) is 12.2 Å². The second kappa shape index (κ2) is 4.76. The maximum atomic E-state index is 11.5. The minimum Gasteiger partial charge on any atom is -0.320 e. The molecule has 1 amide bonds. The van der Waals surface area contributed by atoms with Crippen molar-refractivity contribution in [2.24, 2.45) is 12.8 Å². The quantitative estimate of drug-likeness (QED) is 0.736. The fraction of sp³-hybridized carbons (Fsp3) is 0.556. The van der Waals surface area contributed by atoms with Gasteiger partial charge < -0.3 is 11.1 Å². The Morgan fingerprint density at radius 3 is 3.00 bits per heavy atom. The molecule has 0 fully saturated rings. The number of nitrogens with one attached hydrogen (secondary N) is 1. The van der Waals surface area contributed by atoms with Crippen LogP contribution in [0.3, 0.4) is 0 Å². The number of nitrogens with zero attached hydrogens (tertiary/aromatic N) is 2. The van der Waals surface area contributed by atoms with Crippen molar-refractivity contribution in [3.63, 3.8) is 0 Å². The van der Waals surface area contributed by atoms with Crippen LogP contribution in [0, 0.1) is 0 Å². The number of anilines is 1. The van der Waals surface area contributed by atoms with Crippen molar-refractivity contribution < 1.29 is 4.79 Å². The van der Waals surface area contributed by atoms with Gasteiger partial charge in [-0.2, -0.15) is 5.10 Å². The summed E-state index contributed by atoms with van der Waals surface area (Å²) in [4.78, 5) is 11.5. The predicted octanol–water partition coefficient (Wildman–Crippen LogP) is 0.486. The van der Waals surface area contributed by atoms with Crippen molar-refractivity contribution in [1.82, 2.24) is 9.78 Å². The van der Waals surface area contributed by atoms with Gasteiger partial charge in [0, 0.05) is 13.1 Å². The van der Waals surface area contributed by atoms with Gasteiger partial charge in [-0.1, -0.05) is 13.3 Å². The van der Waals surface area contributed by atoms with Crippen LogP contribution in [0.15, 0.2) is 12.3 Å². The zero-order valence-corrected chi connectivity index (χ0v) is 8.53. The number of rotatable bonds is 4. The maximum absolute atomic E-state index is 11.5. The van der Waals surface area contributed by atoms with Crippen LogP contribution in [0.2, 0.25) is 0 Å². The van der Waals surface area contributed by atoms with E-state index in [2.05, 4.69) is 10.4 Å². The van der Waals surface area contributed by atoms with Gasteiger partial charge in [0.05, 0.1) is 12.2 Å². The Morgan fingerprint density at radius 1 is 1.79 bits per heavy atom. The highest BCUT2D eigenvalue weighted by molar-refractivity contribution is 5.93. The molecule has 0 saturated carbocycles. The summed E-state index contributed by atoms with van der Waals surface area (Å²) in [6.45, 7) is 2.00. The Bertz CT molecular complexity index is 308. The predicted molar refractivity (Wildman–Crippen MR) is 54.7 cm³/mol. The third-order valence-electron chi connectivity index (χ3n) is 2.01. The number of hydrogen-bond donors (Lipinski definition) is 2. The summed E-state index contributed by atoms with van der Waals surface area (Å²) < 4.78 is 1.59. The van der Waals surface area contributed by atoms with Gasteiger partial charge in [-0.05, 0) is 6.42 Å². The van der Waals surface area contributed by atoms with Gasteiger partial charge in [0.2, 0.25) is 5.91 Å². The van der Waals surface area contributed by atoms with E-state index in [1.807, 2.05) is 6.92 Å². The first-order valence-electron chi connectivity index (χ1n) is 4.69. The van der Waals surface area contributed by atoms with Gasteiger partial charge in [0.1, 0.15) is 5.82 Å². The number of amides is 1. The minimum absolute atomic E-state index is 0.157. The molecule has 0 spiro atoms. The molecule has 0 bridgehead atoms. The first kappa shape index (κ1) is 10.7. The molecule has 1 heterocycles. The van der Waals surface area contributed by atoms with Gasteiger partial charge in [0.15, 0.2) is 0 Å². The molecule has 0 unspecified atom stereocenters. The Hall–Kier alpha value is -1.36. The molecule has 1 aromatic heterocycles. The molecule has 0 saturated heterocycles. The van der Waals surface area contributed by atoms with E-state index in [-0.39, 0.29) is 5.91 Å². The molecule has 0 aliphatic carbocycles. The van der Waals surface area contributed by atoms with Crippen LogP contribution in [0.4, 0.5) is 5.82 Å². The molecular formula is C9H16N4O. The first-order chi connectivity index (χ1) is 6.65. The molecule has 78 valence electrons. The van der Waals surface area contributed by atoms with Gasteiger partial charge in [-0.3, -0.25) is 9.48 Å². The van der Waals surface area contributed by atoms with Crippen LogP contribution in [0.25, 0.3) is 0 Å². The smallest absolute Gasteiger partial charge is 0.242 e. The van der Waals surface area contributed by atoms with Gasteiger partial charge in [-0.15, -0.1) is 0 Å². The van der Waals surface area contributed by atoms with E-state index in [0.717, 1.165) is 6.42 Å². The van der Waals surface area contributed by atoms with E-state index in [1.165, 1.54) is 0 Å². The summed E-state index contributed by atoms with van der Waals surface area (Å²) in [6.07, 6.45) is 3.23. The third-order valence-corrected chi connectivity index (χ3v) is 2.01. The molecule has 14 heavy (non-hydrogen) atoms. The molecule has 0 aliphatic rings. The molecule has 1 rings (SSSR count). The Balaban J connectivity index is 2.53. The zero-order valence-electron chi connectivity index (χ0n) is 8.53. The van der Waals surface area contributed by atoms with Gasteiger partial charge >= 0.3 is 0 Å². The Morgan fingerprint density at radius 2 is 2.50 bits per heavy atom. The highest BCUT2D eigenvalue weighted by Crippen LogP contribution is 2.04. The molecule has 1 aromatic rings. The Labute approximate surface area is 83.3 Å². The topological polar surface area (TPSA) is 72.9 Å². The van der Waals surface area contributed by atoms with E-state index in [9.17, 15) is 4.79 Å². The number of carbonyl (C=O) groups excluding carboxylic acids is 1. The molecule has 5 heteroatoms. The molecule has 3 N–H and O–H groups in total. The van der Waals surface area contributed by atoms with E-state index in [4.69, 9.17) is 5.73 Å². The fourth-order valence-electron chi connectivity index (χ4n) is 1.16. The molecule has 0 aliphatic heterocycles. The number of hydrogen-bond acceptors (Lipinski definition) is 3. The maximum Gasteiger partial charge on any atom is 0.242 e. The molecule has 5 nitrogen and oxygen atoms in total. The van der Waals surface area contributed by atoms with Gasteiger partial charge in [0.25, 0.3) is 0 Å². The van der Waals surface area contributed by atoms with Crippen LogP contribution in [0.5, 0.6) is 0 Å². The van der Waals surface area contributed by atoms with Crippen molar-refractivity contribution in [1.29, 1.82) is 0 Å². The van der Waals surface area contributed by atoms with Crippen molar-refractivity contribution in [2.75, 3.05) is 5.32 Å². The van der Waals surface area contributed by atoms with E-state index >= 15 is 0 Å². The van der Waals surface area contributed by atoms with Gasteiger partial charge in [-0.25, -0.2) is 0 Å². The molecule has 0 aromatic carbocycles. The minimum atomic E-state index is -0.435. The van der Waals surface area contributed by atoms with Crippen molar-refractivity contribution in [2.45, 2.75) is 25.8 Å². The highest BCUT2D eigenvalue weighted by atomic mass is 16.2. The molecule has 0 radical (unpaired) electrons. The standard InChI is InChI=1S/C9H16N4O/c1-3-4-7(10)9(14)12-8-5-6-11-13(8)2/h5-7H,3-4,10H2,1-2H3,(H,12,14)/t7-/m1/s1. The summed E-state index contributed by atoms with van der Waals surface area (Å²) in [7, 11) is 1.76. The Kier molecular flexibility index (Phi) is 3.64. The van der Waals surface area contributed by atoms with E-state index in [1.54, 1.807) is 24.0 Å². The average molecular weight is 196 g/mol. The molecular weight excluding hydrogens is 180 g/mol. The first-order valence-corrected chi connectivity index (χ1v) is 4.69. The highest BCUT2D eigenvalue weighted by Gasteiger charge is 2.13. The van der Waals surface area contributed by atoms with Crippen LogP contribution < -0.4 is 11.1 Å². The summed E-state index contributed by atoms with van der Waals surface area (Å²) in [6, 6.07) is 1.30. The molecule has 1 atom stereocenters. The number of carbonyl (C=O) groups is 1. The van der Waals surface area contributed by atoms with Crippen LogP contribution in [-0.4, -0.2) is 21.7 Å². The van der Waals surface area contributed by atoms with Crippen LogP contribution in [-0.2, 0) is 11.8 Å². The second-order valence-electron chi connectivity index (χ2n) is 3.22. The summed E-state index contributed by atoms with van der Waals surface area (Å²) in [5.74, 6) is 0.511. The normalized spacial score (nSPS) is 12.5. The number of nitrogens with two attached hydrogens (primary N) is 1. The lowest BCUT2D eigenvalue weighted by atomic mass is 10.2. The lowest BCUT2D eigenvalue weighted by molar-refractivity contribution is -0.117. The third kappa shape index (κ3) is 2.56. The monoisotopic (exact) mass is 196 g/mol. The lowest BCUT2D eigenvalue weighted by Gasteiger charge is -2.10. The van der Waals surface area contributed by atoms with Crippen molar-refractivity contribution >= 4 is 11.7 Å². The van der Waals surface area contributed by atoms with Crippen LogP contribution >= 0.6 is 0 Å². The fourth-order valence-corrected chi connectivity index (χ4v) is 1.16. The number of aryl methyl sites for hydroxylation is 1. The van der Waals surface area contributed by atoms with Crippen molar-refractivity contribution in [3.8, 4) is 0 Å². The SMILES string of the molecule is CCC[C@@H](N)C(=O)Nc1ccnn1C. The largest absolute Gasteiger partial charge is 0.320 e. The summed E-state index contributed by atoms with van der Waals surface area (Å²) in [5, 5.41) is 6.65. The number of aromatic nitrogens is 2. The summed E-state index contributed by atoms with van der Waals surface area (Å²) in [5.41, 5.74) is 5.65. The van der Waals surface area contributed by atoms with Crippen molar-refractivity contribution in [3.05, 3.63) is 12.3 Å². The van der Waals surface area contributed by atoms with E-state index < -0.39 is 6.04 Å².